The largest absolute Gasteiger partial charge is 0.399 e. The molecule has 5 heteroatoms. The minimum Gasteiger partial charge on any atom is -0.399 e. The van der Waals surface area contributed by atoms with Gasteiger partial charge in [-0.05, 0) is 30.5 Å². The summed E-state index contributed by atoms with van der Waals surface area (Å²) in [6.45, 7) is 0. The number of hydrogen-bond acceptors (Lipinski definition) is 4. The number of nitrogens with two attached hydrogens (primary N) is 1. The number of aryl methyl sites for hydroxylation is 1. The Kier molecular flexibility index (Phi) is 2.94. The van der Waals surface area contributed by atoms with Crippen LogP contribution in [0.1, 0.15) is 24.2 Å². The molecule has 0 spiro atoms. The van der Waals surface area contributed by atoms with Gasteiger partial charge >= 0.3 is 0 Å². The van der Waals surface area contributed by atoms with E-state index in [4.69, 9.17) is 11.0 Å². The van der Waals surface area contributed by atoms with Crippen molar-refractivity contribution in [1.29, 1.82) is 5.26 Å². The van der Waals surface area contributed by atoms with Crippen molar-refractivity contribution in [2.45, 2.75) is 24.7 Å². The average Bonchev–Trinajstić information content (AvgIpc) is 2.78. The van der Waals surface area contributed by atoms with E-state index < -0.39 is 0 Å². The maximum atomic E-state index is 9.09. The quantitative estimate of drug-likeness (QED) is 0.860. The average molecular weight is 267 g/mol. The van der Waals surface area contributed by atoms with Crippen molar-refractivity contribution in [2.24, 2.45) is 13.0 Å². The maximum Gasteiger partial charge on any atom is 0.133 e. The van der Waals surface area contributed by atoms with Crippen molar-refractivity contribution >= 4 is 5.69 Å². The summed E-state index contributed by atoms with van der Waals surface area (Å²) in [5.41, 5.74) is 7.84. The minimum atomic E-state index is -0.0312. The van der Waals surface area contributed by atoms with Crippen molar-refractivity contribution < 1.29 is 0 Å². The standard InChI is InChI=1S/C15H17N5/c1-20-10-18-19-14(20)8-15(6-11(7-15)9-16)12-3-2-4-13(17)5-12/h2-5,10-11H,6-8,17H2,1H3/t11-,15-. The molecule has 0 unspecified atom stereocenters. The van der Waals surface area contributed by atoms with Crippen molar-refractivity contribution in [3.8, 4) is 6.07 Å². The Morgan fingerprint density at radius 1 is 1.50 bits per heavy atom. The zero-order chi connectivity index (χ0) is 14.2. The molecule has 1 heterocycles. The number of anilines is 1. The molecule has 0 atom stereocenters. The molecule has 2 aromatic rings. The van der Waals surface area contributed by atoms with Gasteiger partial charge in [0, 0.05) is 30.5 Å². The first-order chi connectivity index (χ1) is 9.63. The molecule has 1 aliphatic rings. The van der Waals surface area contributed by atoms with E-state index in [1.165, 1.54) is 5.56 Å². The number of aromatic nitrogens is 3. The van der Waals surface area contributed by atoms with Gasteiger partial charge in [-0.1, -0.05) is 12.1 Å². The lowest BCUT2D eigenvalue weighted by atomic mass is 9.57. The van der Waals surface area contributed by atoms with E-state index in [0.29, 0.717) is 0 Å². The second-order valence-electron chi connectivity index (χ2n) is 5.67. The summed E-state index contributed by atoms with van der Waals surface area (Å²) in [6, 6.07) is 10.3. The SMILES string of the molecule is Cn1cnnc1C[C@]1(c2cccc(N)c2)C[C@H](C#N)C1. The van der Waals surface area contributed by atoms with Crippen LogP contribution >= 0.6 is 0 Å². The lowest BCUT2D eigenvalue weighted by molar-refractivity contribution is 0.179. The fourth-order valence-electron chi connectivity index (χ4n) is 3.10. The first kappa shape index (κ1) is 12.7. The first-order valence-corrected chi connectivity index (χ1v) is 6.71. The van der Waals surface area contributed by atoms with Crippen LogP contribution in [0.25, 0.3) is 0 Å². The van der Waals surface area contributed by atoms with E-state index in [2.05, 4.69) is 22.3 Å². The molecule has 20 heavy (non-hydrogen) atoms. The van der Waals surface area contributed by atoms with Gasteiger partial charge in [0.05, 0.1) is 6.07 Å². The molecular weight excluding hydrogens is 250 g/mol. The van der Waals surface area contributed by atoms with E-state index in [9.17, 15) is 0 Å². The Morgan fingerprint density at radius 3 is 2.90 bits per heavy atom. The lowest BCUT2D eigenvalue weighted by Gasteiger charge is -2.45. The fraction of sp³-hybridized carbons (Fsp3) is 0.400. The van der Waals surface area contributed by atoms with Crippen LogP contribution in [0.15, 0.2) is 30.6 Å². The van der Waals surface area contributed by atoms with Gasteiger partial charge in [-0.2, -0.15) is 5.26 Å². The van der Waals surface area contributed by atoms with Crippen molar-refractivity contribution in [2.75, 3.05) is 5.73 Å². The van der Waals surface area contributed by atoms with Gasteiger partial charge in [0.15, 0.2) is 0 Å². The second kappa shape index (κ2) is 4.64. The number of nitrogens with zero attached hydrogens (tertiary/aromatic N) is 4. The molecule has 5 nitrogen and oxygen atoms in total. The van der Waals surface area contributed by atoms with Gasteiger partial charge in [-0.15, -0.1) is 10.2 Å². The molecule has 0 saturated heterocycles. The predicted octanol–water partition coefficient (Wildman–Crippen LogP) is 1.81. The Bertz CT molecular complexity index is 661. The van der Waals surface area contributed by atoms with Crippen LogP contribution in [0.4, 0.5) is 5.69 Å². The van der Waals surface area contributed by atoms with Crippen LogP contribution in [-0.2, 0) is 18.9 Å². The monoisotopic (exact) mass is 267 g/mol. The highest BCUT2D eigenvalue weighted by molar-refractivity contribution is 5.45. The third-order valence-electron chi connectivity index (χ3n) is 4.26. The molecule has 1 aliphatic carbocycles. The molecule has 0 amide bonds. The van der Waals surface area contributed by atoms with E-state index in [1.807, 2.05) is 29.8 Å². The number of rotatable bonds is 3. The van der Waals surface area contributed by atoms with Gasteiger partial charge in [0.1, 0.15) is 12.2 Å². The summed E-state index contributed by atoms with van der Waals surface area (Å²) in [5.74, 6) is 1.08. The summed E-state index contributed by atoms with van der Waals surface area (Å²) in [4.78, 5) is 0. The van der Waals surface area contributed by atoms with E-state index in [0.717, 1.165) is 30.8 Å². The summed E-state index contributed by atoms with van der Waals surface area (Å²) in [5, 5.41) is 17.2. The molecule has 1 aromatic carbocycles. The number of benzene rings is 1. The molecule has 102 valence electrons. The highest BCUT2D eigenvalue weighted by Gasteiger charge is 2.46. The van der Waals surface area contributed by atoms with Crippen LogP contribution in [0.3, 0.4) is 0 Å². The molecule has 3 rings (SSSR count). The van der Waals surface area contributed by atoms with Crippen LogP contribution in [0.2, 0.25) is 0 Å². The molecule has 1 aromatic heterocycles. The zero-order valence-corrected chi connectivity index (χ0v) is 11.5. The lowest BCUT2D eigenvalue weighted by Crippen LogP contribution is -2.43. The van der Waals surface area contributed by atoms with Gasteiger partial charge < -0.3 is 10.3 Å². The van der Waals surface area contributed by atoms with Crippen LogP contribution in [-0.4, -0.2) is 14.8 Å². The van der Waals surface area contributed by atoms with Gasteiger partial charge in [-0.25, -0.2) is 0 Å². The van der Waals surface area contributed by atoms with Crippen molar-refractivity contribution in [1.82, 2.24) is 14.8 Å². The summed E-state index contributed by atoms with van der Waals surface area (Å²) in [6.07, 6.45) is 4.23. The highest BCUT2D eigenvalue weighted by atomic mass is 15.2. The van der Waals surface area contributed by atoms with Crippen LogP contribution < -0.4 is 5.73 Å². The van der Waals surface area contributed by atoms with Crippen LogP contribution in [0, 0.1) is 17.2 Å². The van der Waals surface area contributed by atoms with Crippen LogP contribution in [0.5, 0.6) is 0 Å². The van der Waals surface area contributed by atoms with Gasteiger partial charge in [0.2, 0.25) is 0 Å². The number of hydrogen-bond donors (Lipinski definition) is 1. The first-order valence-electron chi connectivity index (χ1n) is 6.71. The van der Waals surface area contributed by atoms with E-state index in [1.54, 1.807) is 6.33 Å². The van der Waals surface area contributed by atoms with E-state index in [-0.39, 0.29) is 11.3 Å². The molecule has 2 N–H and O–H groups in total. The smallest absolute Gasteiger partial charge is 0.133 e. The molecule has 0 bridgehead atoms. The summed E-state index contributed by atoms with van der Waals surface area (Å²) in [7, 11) is 1.95. The molecular formula is C15H17N5. The maximum absolute atomic E-state index is 9.09. The highest BCUT2D eigenvalue weighted by Crippen LogP contribution is 2.49. The Labute approximate surface area is 118 Å². The van der Waals surface area contributed by atoms with Crippen molar-refractivity contribution in [3.05, 3.63) is 42.0 Å². The number of nitriles is 1. The Hall–Kier alpha value is -2.35. The normalized spacial score (nSPS) is 24.9. The fourth-order valence-corrected chi connectivity index (χ4v) is 3.10. The summed E-state index contributed by atoms with van der Waals surface area (Å²) >= 11 is 0. The van der Waals surface area contributed by atoms with E-state index >= 15 is 0 Å². The van der Waals surface area contributed by atoms with Crippen molar-refractivity contribution in [3.63, 3.8) is 0 Å². The molecule has 1 saturated carbocycles. The Balaban J connectivity index is 1.94. The second-order valence-corrected chi connectivity index (χ2v) is 5.67. The molecule has 0 radical (unpaired) electrons. The van der Waals surface area contributed by atoms with Gasteiger partial charge in [0.25, 0.3) is 0 Å². The third kappa shape index (κ3) is 2.03. The van der Waals surface area contributed by atoms with Gasteiger partial charge in [-0.3, -0.25) is 0 Å². The minimum absolute atomic E-state index is 0.0312. The summed E-state index contributed by atoms with van der Waals surface area (Å²) < 4.78 is 1.94. The Morgan fingerprint density at radius 2 is 2.30 bits per heavy atom. The molecule has 1 fully saturated rings. The zero-order valence-electron chi connectivity index (χ0n) is 11.5. The molecule has 0 aliphatic heterocycles. The predicted molar refractivity (Wildman–Crippen MR) is 75.6 cm³/mol. The number of nitrogen functional groups attached to an aromatic ring is 1. The topological polar surface area (TPSA) is 80.5 Å². The third-order valence-corrected chi connectivity index (χ3v) is 4.26.